The van der Waals surface area contributed by atoms with Crippen LogP contribution in [0.5, 0.6) is 0 Å². The maximum absolute atomic E-state index is 13.3. The first kappa shape index (κ1) is 21.7. The van der Waals surface area contributed by atoms with E-state index in [9.17, 15) is 14.0 Å². The van der Waals surface area contributed by atoms with Crippen molar-refractivity contribution in [1.82, 2.24) is 15.1 Å². The van der Waals surface area contributed by atoms with Gasteiger partial charge in [0.05, 0.1) is 5.69 Å². The summed E-state index contributed by atoms with van der Waals surface area (Å²) in [7, 11) is 0. The molecule has 0 saturated carbocycles. The van der Waals surface area contributed by atoms with Crippen LogP contribution < -0.4 is 10.6 Å². The molecule has 2 aromatic carbocycles. The van der Waals surface area contributed by atoms with E-state index in [0.29, 0.717) is 17.9 Å². The van der Waals surface area contributed by atoms with Crippen LogP contribution >= 0.6 is 0 Å². The van der Waals surface area contributed by atoms with Gasteiger partial charge in [0.1, 0.15) is 5.82 Å². The topological polar surface area (TPSA) is 76.0 Å². The van der Waals surface area contributed by atoms with E-state index in [1.807, 2.05) is 38.1 Å². The van der Waals surface area contributed by atoms with E-state index in [0.717, 1.165) is 48.2 Å². The SMILES string of the molecule is CCC(C)C(=O)Nc1cccc(CNC(=O)c2nn(-c3ccc(F)cc3)c3c2CCC3)c1. The lowest BCUT2D eigenvalue weighted by molar-refractivity contribution is -0.119. The summed E-state index contributed by atoms with van der Waals surface area (Å²) < 4.78 is 15.1. The maximum Gasteiger partial charge on any atom is 0.272 e. The molecule has 2 N–H and O–H groups in total. The van der Waals surface area contributed by atoms with Crippen molar-refractivity contribution >= 4 is 17.5 Å². The van der Waals surface area contributed by atoms with E-state index < -0.39 is 0 Å². The average Bonchev–Trinajstić information content (AvgIpc) is 3.41. The fraction of sp³-hybridized carbons (Fsp3) is 0.320. The van der Waals surface area contributed by atoms with Crippen LogP contribution in [0.3, 0.4) is 0 Å². The number of nitrogens with zero attached hydrogens (tertiary/aromatic N) is 2. The van der Waals surface area contributed by atoms with Crippen molar-refractivity contribution in [3.05, 3.63) is 76.9 Å². The van der Waals surface area contributed by atoms with Crippen molar-refractivity contribution < 1.29 is 14.0 Å². The molecular formula is C25H27FN4O2. The van der Waals surface area contributed by atoms with E-state index in [-0.39, 0.29) is 23.5 Å². The Morgan fingerprint density at radius 1 is 1.16 bits per heavy atom. The van der Waals surface area contributed by atoms with Crippen molar-refractivity contribution in [2.75, 3.05) is 5.32 Å². The Morgan fingerprint density at radius 2 is 1.94 bits per heavy atom. The monoisotopic (exact) mass is 434 g/mol. The van der Waals surface area contributed by atoms with E-state index in [2.05, 4.69) is 15.7 Å². The molecule has 6 nitrogen and oxygen atoms in total. The Labute approximate surface area is 186 Å². The van der Waals surface area contributed by atoms with Crippen molar-refractivity contribution in [3.8, 4) is 5.69 Å². The highest BCUT2D eigenvalue weighted by Gasteiger charge is 2.26. The molecule has 1 aliphatic rings. The second-order valence-electron chi connectivity index (χ2n) is 8.20. The van der Waals surface area contributed by atoms with Crippen LogP contribution in [-0.4, -0.2) is 21.6 Å². The Hall–Kier alpha value is -3.48. The number of hydrogen-bond donors (Lipinski definition) is 2. The lowest BCUT2D eigenvalue weighted by Crippen LogP contribution is -2.24. The van der Waals surface area contributed by atoms with Gasteiger partial charge in [0.2, 0.25) is 5.91 Å². The van der Waals surface area contributed by atoms with Crippen LogP contribution in [0, 0.1) is 11.7 Å². The molecule has 1 unspecified atom stereocenters. The number of anilines is 1. The smallest absolute Gasteiger partial charge is 0.272 e. The van der Waals surface area contributed by atoms with Crippen LogP contribution in [-0.2, 0) is 24.2 Å². The van der Waals surface area contributed by atoms with Gasteiger partial charge >= 0.3 is 0 Å². The molecule has 0 aliphatic heterocycles. The molecule has 1 aliphatic carbocycles. The zero-order valence-electron chi connectivity index (χ0n) is 18.3. The molecule has 1 aromatic heterocycles. The van der Waals surface area contributed by atoms with Gasteiger partial charge in [-0.05, 0) is 67.6 Å². The summed E-state index contributed by atoms with van der Waals surface area (Å²) in [6.45, 7) is 4.19. The van der Waals surface area contributed by atoms with Gasteiger partial charge in [-0.15, -0.1) is 0 Å². The van der Waals surface area contributed by atoms with Crippen molar-refractivity contribution in [2.24, 2.45) is 5.92 Å². The summed E-state index contributed by atoms with van der Waals surface area (Å²) in [5.74, 6) is -0.622. The molecular weight excluding hydrogens is 407 g/mol. The summed E-state index contributed by atoms with van der Waals surface area (Å²) in [5, 5.41) is 10.4. The maximum atomic E-state index is 13.3. The molecule has 2 amide bonds. The molecule has 0 fully saturated rings. The Bertz CT molecular complexity index is 1140. The van der Waals surface area contributed by atoms with E-state index in [1.165, 1.54) is 12.1 Å². The van der Waals surface area contributed by atoms with Gasteiger partial charge in [-0.2, -0.15) is 5.10 Å². The third kappa shape index (κ3) is 4.56. The molecule has 1 atom stereocenters. The lowest BCUT2D eigenvalue weighted by atomic mass is 10.1. The lowest BCUT2D eigenvalue weighted by Gasteiger charge is -2.11. The van der Waals surface area contributed by atoms with Gasteiger partial charge in [0.15, 0.2) is 5.69 Å². The highest BCUT2D eigenvalue weighted by molar-refractivity contribution is 5.94. The van der Waals surface area contributed by atoms with E-state index >= 15 is 0 Å². The third-order valence-electron chi connectivity index (χ3n) is 5.92. The van der Waals surface area contributed by atoms with Gasteiger partial charge in [0, 0.05) is 29.4 Å². The minimum absolute atomic E-state index is 0.0180. The largest absolute Gasteiger partial charge is 0.347 e. The predicted octanol–water partition coefficient (Wildman–Crippen LogP) is 4.41. The molecule has 32 heavy (non-hydrogen) atoms. The van der Waals surface area contributed by atoms with Gasteiger partial charge in [0.25, 0.3) is 5.91 Å². The first-order valence-corrected chi connectivity index (χ1v) is 11.0. The van der Waals surface area contributed by atoms with Gasteiger partial charge in [-0.1, -0.05) is 26.0 Å². The number of rotatable bonds is 7. The number of carbonyl (C=O) groups excluding carboxylic acids is 2. The van der Waals surface area contributed by atoms with E-state index in [1.54, 1.807) is 16.8 Å². The second kappa shape index (κ2) is 9.34. The number of benzene rings is 2. The summed E-state index contributed by atoms with van der Waals surface area (Å²) in [6, 6.07) is 13.6. The average molecular weight is 435 g/mol. The predicted molar refractivity (Wildman–Crippen MR) is 121 cm³/mol. The highest BCUT2D eigenvalue weighted by Crippen LogP contribution is 2.28. The van der Waals surface area contributed by atoms with Crippen molar-refractivity contribution in [2.45, 2.75) is 46.1 Å². The first-order valence-electron chi connectivity index (χ1n) is 11.0. The Kier molecular flexibility index (Phi) is 6.35. The van der Waals surface area contributed by atoms with Crippen LogP contribution in [0.4, 0.5) is 10.1 Å². The molecule has 4 rings (SSSR count). The van der Waals surface area contributed by atoms with Gasteiger partial charge in [-0.3, -0.25) is 9.59 Å². The highest BCUT2D eigenvalue weighted by atomic mass is 19.1. The quantitative estimate of drug-likeness (QED) is 0.578. The number of nitrogens with one attached hydrogen (secondary N) is 2. The normalized spacial score (nSPS) is 13.5. The minimum Gasteiger partial charge on any atom is -0.347 e. The van der Waals surface area contributed by atoms with Crippen LogP contribution in [0.1, 0.15) is 54.0 Å². The molecule has 0 saturated heterocycles. The third-order valence-corrected chi connectivity index (χ3v) is 5.92. The number of aromatic nitrogens is 2. The number of amides is 2. The number of halogens is 1. The molecule has 0 spiro atoms. The van der Waals surface area contributed by atoms with Crippen molar-refractivity contribution in [3.63, 3.8) is 0 Å². The summed E-state index contributed by atoms with van der Waals surface area (Å²) in [6.07, 6.45) is 3.38. The molecule has 1 heterocycles. The number of carbonyl (C=O) groups is 2. The minimum atomic E-state index is -0.307. The standard InChI is InChI=1S/C25H27FN4O2/c1-3-16(2)24(31)28-19-7-4-6-17(14-19)15-27-25(32)23-21-8-5-9-22(21)30(29-23)20-12-10-18(26)11-13-20/h4,6-7,10-14,16H,3,5,8-9,15H2,1-2H3,(H,27,32)(H,28,31). The first-order chi connectivity index (χ1) is 15.5. The molecule has 7 heteroatoms. The van der Waals surface area contributed by atoms with Crippen LogP contribution in [0.2, 0.25) is 0 Å². The zero-order valence-corrected chi connectivity index (χ0v) is 18.3. The van der Waals surface area contributed by atoms with Gasteiger partial charge < -0.3 is 10.6 Å². The fourth-order valence-corrected chi connectivity index (χ4v) is 3.89. The zero-order chi connectivity index (χ0) is 22.7. The summed E-state index contributed by atoms with van der Waals surface area (Å²) in [5.41, 5.74) is 4.73. The fourth-order valence-electron chi connectivity index (χ4n) is 3.89. The molecule has 0 radical (unpaired) electrons. The van der Waals surface area contributed by atoms with Crippen molar-refractivity contribution in [1.29, 1.82) is 0 Å². The van der Waals surface area contributed by atoms with E-state index in [4.69, 9.17) is 0 Å². The Balaban J connectivity index is 1.47. The van der Waals surface area contributed by atoms with Crippen LogP contribution in [0.25, 0.3) is 5.69 Å². The summed E-state index contributed by atoms with van der Waals surface area (Å²) in [4.78, 5) is 25.1. The van der Waals surface area contributed by atoms with Gasteiger partial charge in [-0.25, -0.2) is 9.07 Å². The Morgan fingerprint density at radius 3 is 2.69 bits per heavy atom. The second-order valence-corrected chi connectivity index (χ2v) is 8.20. The molecule has 3 aromatic rings. The summed E-state index contributed by atoms with van der Waals surface area (Å²) >= 11 is 0. The number of fused-ring (bicyclic) bond motifs is 1. The number of hydrogen-bond acceptors (Lipinski definition) is 3. The van der Waals surface area contributed by atoms with Crippen LogP contribution in [0.15, 0.2) is 48.5 Å². The molecule has 0 bridgehead atoms. The molecule has 166 valence electrons.